The summed E-state index contributed by atoms with van der Waals surface area (Å²) < 4.78 is 11.6. The first kappa shape index (κ1) is 15.0. The van der Waals surface area contributed by atoms with Crippen LogP contribution in [0, 0.1) is 5.92 Å². The van der Waals surface area contributed by atoms with E-state index in [1.807, 2.05) is 19.9 Å². The van der Waals surface area contributed by atoms with E-state index in [4.69, 9.17) is 9.47 Å². The van der Waals surface area contributed by atoms with Gasteiger partial charge in [0.05, 0.1) is 6.10 Å². The molecular formula is C19H25NO3. The molecule has 1 aromatic rings. The number of rotatable bonds is 4. The fourth-order valence-electron chi connectivity index (χ4n) is 4.06. The average Bonchev–Trinajstić information content (AvgIpc) is 3.09. The second-order valence-corrected chi connectivity index (χ2v) is 7.57. The summed E-state index contributed by atoms with van der Waals surface area (Å²) in [7, 11) is 0. The molecule has 3 aliphatic rings. The number of nitrogens with one attached hydrogen (secondary N) is 1. The fraction of sp³-hybridized carbons (Fsp3) is 0.632. The predicted octanol–water partition coefficient (Wildman–Crippen LogP) is 2.63. The van der Waals surface area contributed by atoms with Gasteiger partial charge in [0, 0.05) is 18.6 Å². The Morgan fingerprint density at radius 3 is 2.96 bits per heavy atom. The Morgan fingerprint density at radius 1 is 1.30 bits per heavy atom. The predicted molar refractivity (Wildman–Crippen MR) is 87.6 cm³/mol. The van der Waals surface area contributed by atoms with Crippen molar-refractivity contribution in [1.82, 2.24) is 5.32 Å². The standard InChI is InChI=1S/C19H25NO3/c1-19(2,18(21)20-16-11-17-15(16)8-9-22-17)23-14-7-6-12-4-3-5-13(12)10-14/h6-7,10,15-17H,3-5,8-9,11H2,1-2H3,(H,20,21)/t15-,16+,17+/m0/s1. The van der Waals surface area contributed by atoms with E-state index in [1.54, 1.807) is 0 Å². The third-order valence-corrected chi connectivity index (χ3v) is 5.57. The van der Waals surface area contributed by atoms with Gasteiger partial charge in [-0.3, -0.25) is 4.79 Å². The molecule has 0 aromatic heterocycles. The number of benzene rings is 1. The second-order valence-electron chi connectivity index (χ2n) is 7.57. The van der Waals surface area contributed by atoms with E-state index in [0.29, 0.717) is 12.0 Å². The zero-order valence-corrected chi connectivity index (χ0v) is 13.9. The summed E-state index contributed by atoms with van der Waals surface area (Å²) in [6.07, 6.45) is 5.85. The number of ether oxygens (including phenoxy) is 2. The highest BCUT2D eigenvalue weighted by atomic mass is 16.5. The lowest BCUT2D eigenvalue weighted by molar-refractivity contribution is -0.137. The highest BCUT2D eigenvalue weighted by Gasteiger charge is 2.47. The first-order chi connectivity index (χ1) is 11.0. The van der Waals surface area contributed by atoms with Gasteiger partial charge in [-0.05, 0) is 69.2 Å². The Hall–Kier alpha value is -1.55. The monoisotopic (exact) mass is 315 g/mol. The van der Waals surface area contributed by atoms with Crippen molar-refractivity contribution >= 4 is 5.91 Å². The summed E-state index contributed by atoms with van der Waals surface area (Å²) in [5.74, 6) is 1.25. The molecule has 23 heavy (non-hydrogen) atoms. The maximum absolute atomic E-state index is 12.6. The number of amides is 1. The van der Waals surface area contributed by atoms with Crippen LogP contribution >= 0.6 is 0 Å². The Balaban J connectivity index is 1.39. The fourth-order valence-corrected chi connectivity index (χ4v) is 4.06. The zero-order chi connectivity index (χ0) is 16.0. The van der Waals surface area contributed by atoms with Gasteiger partial charge in [0.2, 0.25) is 0 Å². The molecule has 1 aromatic carbocycles. The molecule has 4 nitrogen and oxygen atoms in total. The maximum Gasteiger partial charge on any atom is 0.263 e. The summed E-state index contributed by atoms with van der Waals surface area (Å²) in [6.45, 7) is 4.52. The zero-order valence-electron chi connectivity index (χ0n) is 13.9. The molecule has 4 heteroatoms. The third-order valence-electron chi connectivity index (χ3n) is 5.57. The first-order valence-corrected chi connectivity index (χ1v) is 8.76. The van der Waals surface area contributed by atoms with E-state index in [1.165, 1.54) is 17.5 Å². The van der Waals surface area contributed by atoms with Crippen LogP contribution in [0.2, 0.25) is 0 Å². The van der Waals surface area contributed by atoms with Crippen molar-refractivity contribution in [2.45, 2.75) is 63.7 Å². The van der Waals surface area contributed by atoms with Crippen molar-refractivity contribution in [3.05, 3.63) is 29.3 Å². The van der Waals surface area contributed by atoms with Crippen molar-refractivity contribution in [3.63, 3.8) is 0 Å². The van der Waals surface area contributed by atoms with Crippen LogP contribution in [0.4, 0.5) is 0 Å². The van der Waals surface area contributed by atoms with E-state index < -0.39 is 5.60 Å². The van der Waals surface area contributed by atoms with Gasteiger partial charge in [-0.1, -0.05) is 6.07 Å². The lowest BCUT2D eigenvalue weighted by atomic mass is 9.76. The molecule has 0 radical (unpaired) electrons. The second kappa shape index (κ2) is 5.52. The van der Waals surface area contributed by atoms with Crippen molar-refractivity contribution in [3.8, 4) is 5.75 Å². The quantitative estimate of drug-likeness (QED) is 0.929. The van der Waals surface area contributed by atoms with Gasteiger partial charge in [-0.2, -0.15) is 0 Å². The van der Waals surface area contributed by atoms with Gasteiger partial charge < -0.3 is 14.8 Å². The SMILES string of the molecule is CC(C)(Oc1ccc2c(c1)CCC2)C(=O)N[C@@H]1C[C@H]2OCC[C@@H]12. The largest absolute Gasteiger partial charge is 0.478 e. The summed E-state index contributed by atoms with van der Waals surface area (Å²) in [4.78, 5) is 12.6. The smallest absolute Gasteiger partial charge is 0.263 e. The molecule has 1 heterocycles. The van der Waals surface area contributed by atoms with Crippen LogP contribution < -0.4 is 10.1 Å². The molecule has 1 amide bonds. The summed E-state index contributed by atoms with van der Waals surface area (Å²) in [5.41, 5.74) is 1.92. The number of carbonyl (C=O) groups is 1. The summed E-state index contributed by atoms with van der Waals surface area (Å²) in [5, 5.41) is 3.16. The number of fused-ring (bicyclic) bond motifs is 2. The topological polar surface area (TPSA) is 47.6 Å². The molecule has 2 fully saturated rings. The summed E-state index contributed by atoms with van der Waals surface area (Å²) in [6, 6.07) is 6.47. The van der Waals surface area contributed by atoms with Crippen LogP contribution in [0.5, 0.6) is 5.75 Å². The van der Waals surface area contributed by atoms with Crippen molar-refractivity contribution in [2.75, 3.05) is 6.61 Å². The van der Waals surface area contributed by atoms with E-state index in [-0.39, 0.29) is 11.9 Å². The highest BCUT2D eigenvalue weighted by Crippen LogP contribution is 2.39. The molecule has 0 unspecified atom stereocenters. The van der Waals surface area contributed by atoms with E-state index >= 15 is 0 Å². The number of hydrogen-bond donors (Lipinski definition) is 1. The van der Waals surface area contributed by atoms with Gasteiger partial charge >= 0.3 is 0 Å². The lowest BCUT2D eigenvalue weighted by Crippen LogP contribution is -2.58. The van der Waals surface area contributed by atoms with E-state index in [2.05, 4.69) is 17.4 Å². The Kier molecular flexibility index (Phi) is 3.60. The van der Waals surface area contributed by atoms with Crippen LogP contribution in [-0.2, 0) is 22.4 Å². The third kappa shape index (κ3) is 2.74. The number of carbonyl (C=O) groups excluding carboxylic acids is 1. The minimum Gasteiger partial charge on any atom is -0.478 e. The van der Waals surface area contributed by atoms with Gasteiger partial charge in [-0.15, -0.1) is 0 Å². The average molecular weight is 315 g/mol. The van der Waals surface area contributed by atoms with Crippen LogP contribution in [0.25, 0.3) is 0 Å². The highest BCUT2D eigenvalue weighted by molar-refractivity contribution is 5.85. The van der Waals surface area contributed by atoms with Crippen molar-refractivity contribution in [1.29, 1.82) is 0 Å². The van der Waals surface area contributed by atoms with E-state index in [9.17, 15) is 4.79 Å². The lowest BCUT2D eigenvalue weighted by Gasteiger charge is -2.40. The Morgan fingerprint density at radius 2 is 2.13 bits per heavy atom. The van der Waals surface area contributed by atoms with Gasteiger partial charge in [0.1, 0.15) is 5.75 Å². The number of hydrogen-bond acceptors (Lipinski definition) is 3. The van der Waals surface area contributed by atoms with Crippen LogP contribution in [-0.4, -0.2) is 30.3 Å². The van der Waals surface area contributed by atoms with Gasteiger partial charge in [0.15, 0.2) is 5.60 Å². The maximum atomic E-state index is 12.6. The Bertz CT molecular complexity index is 625. The Labute approximate surface area is 137 Å². The summed E-state index contributed by atoms with van der Waals surface area (Å²) >= 11 is 0. The molecule has 0 bridgehead atoms. The minimum absolute atomic E-state index is 0.0339. The molecule has 1 aliphatic heterocycles. The van der Waals surface area contributed by atoms with Crippen LogP contribution in [0.15, 0.2) is 18.2 Å². The molecule has 2 aliphatic carbocycles. The van der Waals surface area contributed by atoms with Gasteiger partial charge in [0.25, 0.3) is 5.91 Å². The normalized spacial score (nSPS) is 28.7. The molecule has 1 saturated heterocycles. The molecule has 4 rings (SSSR count). The molecule has 0 spiro atoms. The molecule has 1 N–H and O–H groups in total. The van der Waals surface area contributed by atoms with Crippen molar-refractivity contribution < 1.29 is 14.3 Å². The molecule has 124 valence electrons. The van der Waals surface area contributed by atoms with Crippen molar-refractivity contribution in [2.24, 2.45) is 5.92 Å². The molecule has 1 saturated carbocycles. The molecular weight excluding hydrogens is 290 g/mol. The first-order valence-electron chi connectivity index (χ1n) is 8.76. The van der Waals surface area contributed by atoms with E-state index in [0.717, 1.165) is 38.0 Å². The number of aryl methyl sites for hydroxylation is 2. The van der Waals surface area contributed by atoms with Crippen LogP contribution in [0.3, 0.4) is 0 Å². The minimum atomic E-state index is -0.864. The molecule has 3 atom stereocenters. The van der Waals surface area contributed by atoms with Crippen LogP contribution in [0.1, 0.15) is 44.2 Å². The van der Waals surface area contributed by atoms with Gasteiger partial charge in [-0.25, -0.2) is 0 Å².